The van der Waals surface area contributed by atoms with Crippen LogP contribution in [0.15, 0.2) is 58.4 Å². The van der Waals surface area contributed by atoms with Gasteiger partial charge >= 0.3 is 0 Å². The Kier molecular flexibility index (Phi) is 7.00. The summed E-state index contributed by atoms with van der Waals surface area (Å²) >= 11 is 0. The predicted octanol–water partition coefficient (Wildman–Crippen LogP) is 3.34. The molecule has 0 fully saturated rings. The van der Waals surface area contributed by atoms with Gasteiger partial charge in [-0.05, 0) is 54.8 Å². The summed E-state index contributed by atoms with van der Waals surface area (Å²) in [7, 11) is -2.10. The first-order valence-electron chi connectivity index (χ1n) is 9.53. The van der Waals surface area contributed by atoms with Gasteiger partial charge in [0.1, 0.15) is 5.84 Å². The fraction of sp³-hybridized carbons (Fsp3) is 0.333. The number of nitrogens with one attached hydrogen (secondary N) is 2. The average Bonchev–Trinajstić information content (AvgIpc) is 2.97. The normalized spacial score (nSPS) is 14.6. The number of anilines is 1. The van der Waals surface area contributed by atoms with Gasteiger partial charge in [0.05, 0.1) is 11.5 Å². The van der Waals surface area contributed by atoms with E-state index in [0.29, 0.717) is 36.7 Å². The summed E-state index contributed by atoms with van der Waals surface area (Å²) in [6.45, 7) is 1.07. The monoisotopic (exact) mass is 415 g/mol. The van der Waals surface area contributed by atoms with Crippen molar-refractivity contribution in [2.24, 2.45) is 4.99 Å². The van der Waals surface area contributed by atoms with Crippen LogP contribution in [0, 0.1) is 0 Å². The second kappa shape index (κ2) is 9.67. The first-order valence-corrected chi connectivity index (χ1v) is 11.0. The van der Waals surface area contributed by atoms with Gasteiger partial charge in [0.25, 0.3) is 15.9 Å². The fourth-order valence-electron chi connectivity index (χ4n) is 3.06. The number of hydrogen-bond acceptors (Lipinski definition) is 5. The fourth-order valence-corrected chi connectivity index (χ4v) is 4.15. The number of sulfonamides is 1. The summed E-state index contributed by atoms with van der Waals surface area (Å²) < 4.78 is 32.8. The van der Waals surface area contributed by atoms with Crippen LogP contribution in [0.2, 0.25) is 0 Å². The predicted molar refractivity (Wildman–Crippen MR) is 113 cm³/mol. The number of aliphatic imine (C=N–C) groups is 1. The Bertz CT molecular complexity index is 985. The van der Waals surface area contributed by atoms with E-state index in [9.17, 15) is 13.2 Å². The Labute approximate surface area is 171 Å². The third-order valence-electron chi connectivity index (χ3n) is 4.55. The second-order valence-electron chi connectivity index (χ2n) is 6.86. The van der Waals surface area contributed by atoms with E-state index in [0.717, 1.165) is 24.8 Å². The molecule has 0 unspecified atom stereocenters. The number of amidine groups is 1. The van der Waals surface area contributed by atoms with E-state index in [1.54, 1.807) is 37.4 Å². The molecule has 0 bridgehead atoms. The van der Waals surface area contributed by atoms with Crippen LogP contribution in [0.25, 0.3) is 0 Å². The van der Waals surface area contributed by atoms with Gasteiger partial charge < -0.3 is 10.1 Å². The molecule has 0 radical (unpaired) electrons. The van der Waals surface area contributed by atoms with Gasteiger partial charge in [0, 0.05) is 31.3 Å². The number of amides is 1. The molecule has 2 aromatic carbocycles. The van der Waals surface area contributed by atoms with Crippen LogP contribution in [0.3, 0.4) is 0 Å². The van der Waals surface area contributed by atoms with Gasteiger partial charge in [0.15, 0.2) is 0 Å². The number of hydrogen-bond donors (Lipinski definition) is 2. The molecular formula is C21H25N3O4S. The molecule has 0 aliphatic carbocycles. The SMILES string of the molecule is COCc1cccc(C(=O)Nc2ccc(S(=O)(=O)NC3=NCCCCC3)cc2)c1. The molecule has 1 heterocycles. The molecule has 3 rings (SSSR count). The minimum absolute atomic E-state index is 0.129. The lowest BCUT2D eigenvalue weighted by Crippen LogP contribution is -2.30. The van der Waals surface area contributed by atoms with Gasteiger partial charge in [-0.1, -0.05) is 18.6 Å². The summed E-state index contributed by atoms with van der Waals surface area (Å²) in [6, 6.07) is 13.2. The van der Waals surface area contributed by atoms with E-state index in [2.05, 4.69) is 15.0 Å². The van der Waals surface area contributed by atoms with Gasteiger partial charge in [-0.3, -0.25) is 14.5 Å². The topological polar surface area (TPSA) is 96.9 Å². The third-order valence-corrected chi connectivity index (χ3v) is 5.95. The van der Waals surface area contributed by atoms with E-state index in [1.807, 2.05) is 6.07 Å². The van der Waals surface area contributed by atoms with Gasteiger partial charge in [0.2, 0.25) is 0 Å². The molecule has 1 aliphatic rings. The zero-order chi connectivity index (χ0) is 20.7. The average molecular weight is 416 g/mol. The summed E-state index contributed by atoms with van der Waals surface area (Å²) in [5, 5.41) is 2.78. The van der Waals surface area contributed by atoms with Crippen LogP contribution in [-0.2, 0) is 21.4 Å². The van der Waals surface area contributed by atoms with E-state index in [4.69, 9.17) is 4.74 Å². The van der Waals surface area contributed by atoms with Crippen LogP contribution in [-0.4, -0.2) is 33.8 Å². The summed E-state index contributed by atoms with van der Waals surface area (Å²) in [5.41, 5.74) is 1.91. The maximum atomic E-state index is 12.6. The Morgan fingerprint density at radius 3 is 2.66 bits per heavy atom. The first-order chi connectivity index (χ1) is 14.0. The number of rotatable bonds is 6. The minimum atomic E-state index is -3.69. The Hall–Kier alpha value is -2.71. The highest BCUT2D eigenvalue weighted by Crippen LogP contribution is 2.17. The molecule has 0 spiro atoms. The van der Waals surface area contributed by atoms with Gasteiger partial charge in [-0.15, -0.1) is 0 Å². The molecule has 2 aromatic rings. The van der Waals surface area contributed by atoms with Crippen LogP contribution < -0.4 is 10.0 Å². The second-order valence-corrected chi connectivity index (χ2v) is 8.54. The van der Waals surface area contributed by atoms with E-state index >= 15 is 0 Å². The number of nitrogens with zero attached hydrogens (tertiary/aromatic N) is 1. The Morgan fingerprint density at radius 2 is 1.90 bits per heavy atom. The lowest BCUT2D eigenvalue weighted by Gasteiger charge is -2.11. The lowest BCUT2D eigenvalue weighted by atomic mass is 10.1. The molecule has 0 aromatic heterocycles. The van der Waals surface area contributed by atoms with Gasteiger partial charge in [-0.2, -0.15) is 0 Å². The largest absolute Gasteiger partial charge is 0.380 e. The minimum Gasteiger partial charge on any atom is -0.380 e. The molecule has 2 N–H and O–H groups in total. The number of ether oxygens (including phenoxy) is 1. The van der Waals surface area contributed by atoms with E-state index < -0.39 is 10.0 Å². The van der Waals surface area contributed by atoms with Crippen molar-refractivity contribution in [2.45, 2.75) is 37.2 Å². The summed E-state index contributed by atoms with van der Waals surface area (Å²) in [4.78, 5) is 16.9. The number of methoxy groups -OCH3 is 1. The first kappa shape index (κ1) is 21.0. The van der Waals surface area contributed by atoms with Crippen molar-refractivity contribution >= 4 is 27.5 Å². The molecule has 0 saturated heterocycles. The van der Waals surface area contributed by atoms with E-state index in [-0.39, 0.29) is 10.8 Å². The number of carbonyl (C=O) groups is 1. The van der Waals surface area contributed by atoms with Crippen molar-refractivity contribution in [3.05, 3.63) is 59.7 Å². The molecular weight excluding hydrogens is 390 g/mol. The Balaban J connectivity index is 1.67. The van der Waals surface area contributed by atoms with E-state index in [1.165, 1.54) is 12.1 Å². The van der Waals surface area contributed by atoms with Crippen LogP contribution in [0.5, 0.6) is 0 Å². The van der Waals surface area contributed by atoms with Gasteiger partial charge in [-0.25, -0.2) is 8.42 Å². The highest BCUT2D eigenvalue weighted by atomic mass is 32.2. The van der Waals surface area contributed by atoms with Crippen molar-refractivity contribution in [3.8, 4) is 0 Å². The van der Waals surface area contributed by atoms with Crippen LogP contribution in [0.4, 0.5) is 5.69 Å². The molecule has 1 amide bonds. The number of benzene rings is 2. The van der Waals surface area contributed by atoms with Crippen molar-refractivity contribution < 1.29 is 17.9 Å². The highest BCUT2D eigenvalue weighted by molar-refractivity contribution is 7.90. The van der Waals surface area contributed by atoms with Crippen LogP contribution in [0.1, 0.15) is 41.6 Å². The number of carbonyl (C=O) groups excluding carboxylic acids is 1. The standard InChI is InChI=1S/C21H25N3O4S/c1-28-15-16-6-5-7-17(14-16)21(25)23-18-9-11-19(12-10-18)29(26,27)24-20-8-3-2-4-13-22-20/h5-7,9-12,14H,2-4,8,13,15H2,1H3,(H,22,24)(H,23,25). The molecule has 29 heavy (non-hydrogen) atoms. The zero-order valence-electron chi connectivity index (χ0n) is 16.3. The lowest BCUT2D eigenvalue weighted by molar-refractivity contribution is 0.102. The summed E-state index contributed by atoms with van der Waals surface area (Å²) in [5.74, 6) is 0.236. The van der Waals surface area contributed by atoms with Crippen molar-refractivity contribution in [2.75, 3.05) is 19.0 Å². The van der Waals surface area contributed by atoms with Crippen molar-refractivity contribution in [1.29, 1.82) is 0 Å². The summed E-state index contributed by atoms with van der Waals surface area (Å²) in [6.07, 6.45) is 3.60. The maximum Gasteiger partial charge on any atom is 0.262 e. The molecule has 154 valence electrons. The Morgan fingerprint density at radius 1 is 1.10 bits per heavy atom. The molecule has 7 nitrogen and oxygen atoms in total. The third kappa shape index (κ3) is 5.88. The zero-order valence-corrected chi connectivity index (χ0v) is 17.2. The molecule has 1 aliphatic heterocycles. The smallest absolute Gasteiger partial charge is 0.262 e. The van der Waals surface area contributed by atoms with Crippen LogP contribution >= 0.6 is 0 Å². The molecule has 0 saturated carbocycles. The van der Waals surface area contributed by atoms with Crippen molar-refractivity contribution in [3.63, 3.8) is 0 Å². The van der Waals surface area contributed by atoms with Crippen molar-refractivity contribution in [1.82, 2.24) is 4.72 Å². The quantitative estimate of drug-likeness (QED) is 0.756. The molecule has 8 heteroatoms. The maximum absolute atomic E-state index is 12.6. The molecule has 0 atom stereocenters. The highest BCUT2D eigenvalue weighted by Gasteiger charge is 2.17.